The van der Waals surface area contributed by atoms with Crippen molar-refractivity contribution in [2.75, 3.05) is 0 Å². The first-order chi connectivity index (χ1) is 10.8. The fourth-order valence-electron chi connectivity index (χ4n) is 2.25. The minimum absolute atomic E-state index is 0.140. The van der Waals surface area contributed by atoms with Gasteiger partial charge < -0.3 is 10.4 Å². The number of amides is 1. The van der Waals surface area contributed by atoms with Crippen LogP contribution in [0.1, 0.15) is 46.9 Å². The molecule has 0 bridgehead atoms. The highest BCUT2D eigenvalue weighted by Gasteiger charge is 2.29. The van der Waals surface area contributed by atoms with E-state index in [9.17, 15) is 9.59 Å². The smallest absolute Gasteiger partial charge is 0.335 e. The van der Waals surface area contributed by atoms with E-state index in [4.69, 9.17) is 5.11 Å². The Morgan fingerprint density at radius 3 is 2.70 bits per heavy atom. The van der Waals surface area contributed by atoms with Crippen molar-refractivity contribution in [2.45, 2.75) is 39.2 Å². The topological polar surface area (TPSA) is 79.3 Å². The number of hydrogen-bond donors (Lipinski definition) is 2. The van der Waals surface area contributed by atoms with Crippen LogP contribution in [0.3, 0.4) is 0 Å². The van der Waals surface area contributed by atoms with Crippen LogP contribution in [0.25, 0.3) is 0 Å². The molecule has 6 heteroatoms. The van der Waals surface area contributed by atoms with Gasteiger partial charge in [0.05, 0.1) is 17.5 Å². The molecule has 0 aliphatic rings. The highest BCUT2D eigenvalue weighted by atomic mass is 32.1. The Labute approximate surface area is 139 Å². The van der Waals surface area contributed by atoms with Gasteiger partial charge in [0.2, 0.25) is 5.91 Å². The molecular formula is C17H20N2O3S. The fraction of sp³-hybridized carbons (Fsp3) is 0.353. The molecule has 1 aromatic carbocycles. The van der Waals surface area contributed by atoms with E-state index < -0.39 is 11.5 Å². The van der Waals surface area contributed by atoms with E-state index in [1.165, 1.54) is 23.5 Å². The number of carboxylic acid groups (broad SMARTS) is 1. The van der Waals surface area contributed by atoms with Crippen LogP contribution in [0.5, 0.6) is 0 Å². The van der Waals surface area contributed by atoms with Gasteiger partial charge in [0.25, 0.3) is 0 Å². The highest BCUT2D eigenvalue weighted by molar-refractivity contribution is 7.09. The van der Waals surface area contributed by atoms with Gasteiger partial charge in [-0.1, -0.05) is 19.1 Å². The molecule has 1 unspecified atom stereocenters. The molecule has 0 fully saturated rings. The number of aromatic carboxylic acids is 1. The van der Waals surface area contributed by atoms with Crippen LogP contribution in [-0.2, 0) is 16.8 Å². The van der Waals surface area contributed by atoms with Crippen molar-refractivity contribution < 1.29 is 14.7 Å². The second kappa shape index (κ2) is 6.91. The molecule has 0 aliphatic heterocycles. The normalized spacial score (nSPS) is 13.3. The van der Waals surface area contributed by atoms with Crippen LogP contribution in [0, 0.1) is 6.92 Å². The third-order valence-electron chi connectivity index (χ3n) is 3.75. The molecular weight excluding hydrogens is 312 g/mol. The summed E-state index contributed by atoms with van der Waals surface area (Å²) in [5.41, 5.74) is 1.29. The maximum atomic E-state index is 12.4. The lowest BCUT2D eigenvalue weighted by Crippen LogP contribution is -2.43. The van der Waals surface area contributed by atoms with Crippen molar-refractivity contribution in [3.05, 3.63) is 51.5 Å². The fourth-order valence-corrected chi connectivity index (χ4v) is 3.24. The van der Waals surface area contributed by atoms with Gasteiger partial charge in [0.1, 0.15) is 5.01 Å². The number of aryl methyl sites for hydroxylation is 1. The predicted molar refractivity (Wildman–Crippen MR) is 89.7 cm³/mol. The first-order valence-electron chi connectivity index (χ1n) is 7.40. The van der Waals surface area contributed by atoms with Gasteiger partial charge in [-0.15, -0.1) is 11.3 Å². The van der Waals surface area contributed by atoms with Crippen molar-refractivity contribution >= 4 is 23.2 Å². The van der Waals surface area contributed by atoms with E-state index in [0.29, 0.717) is 5.56 Å². The molecule has 5 nitrogen and oxygen atoms in total. The summed E-state index contributed by atoms with van der Waals surface area (Å²) in [5.74, 6) is -1.14. The molecule has 122 valence electrons. The molecule has 2 aromatic rings. The predicted octanol–water partition coefficient (Wildman–Crippen LogP) is 3.13. The monoisotopic (exact) mass is 332 g/mol. The molecule has 0 radical (unpaired) electrons. The summed E-state index contributed by atoms with van der Waals surface area (Å²) in [6, 6.07) is 6.44. The number of carbonyl (C=O) groups excluding carboxylic acids is 1. The van der Waals surface area contributed by atoms with Gasteiger partial charge in [0.15, 0.2) is 0 Å². The maximum absolute atomic E-state index is 12.4. The van der Waals surface area contributed by atoms with E-state index >= 15 is 0 Å². The SMILES string of the molecule is CCC(C)(NC(=O)Cc1cccc(C(=O)O)c1)c1nc(C)cs1. The third kappa shape index (κ3) is 4.16. The van der Waals surface area contributed by atoms with Gasteiger partial charge in [-0.25, -0.2) is 9.78 Å². The quantitative estimate of drug-likeness (QED) is 0.852. The zero-order valence-electron chi connectivity index (χ0n) is 13.4. The van der Waals surface area contributed by atoms with Gasteiger partial charge >= 0.3 is 5.97 Å². The molecule has 0 saturated heterocycles. The Morgan fingerprint density at radius 2 is 2.13 bits per heavy atom. The second-order valence-electron chi connectivity index (χ2n) is 5.71. The molecule has 1 atom stereocenters. The average Bonchev–Trinajstić information content (AvgIpc) is 2.94. The zero-order valence-corrected chi connectivity index (χ0v) is 14.2. The van der Waals surface area contributed by atoms with Crippen LogP contribution in [-0.4, -0.2) is 22.0 Å². The Morgan fingerprint density at radius 1 is 1.39 bits per heavy atom. The van der Waals surface area contributed by atoms with Crippen LogP contribution < -0.4 is 5.32 Å². The maximum Gasteiger partial charge on any atom is 0.335 e. The van der Waals surface area contributed by atoms with Crippen LogP contribution >= 0.6 is 11.3 Å². The van der Waals surface area contributed by atoms with Crippen LogP contribution in [0.15, 0.2) is 29.6 Å². The second-order valence-corrected chi connectivity index (χ2v) is 6.57. The number of aromatic nitrogens is 1. The number of carboxylic acids is 1. The lowest BCUT2D eigenvalue weighted by atomic mass is 9.99. The first-order valence-corrected chi connectivity index (χ1v) is 8.28. The number of nitrogens with one attached hydrogen (secondary N) is 1. The number of rotatable bonds is 6. The first kappa shape index (κ1) is 17.1. The summed E-state index contributed by atoms with van der Waals surface area (Å²) in [4.78, 5) is 27.8. The molecule has 0 spiro atoms. The lowest BCUT2D eigenvalue weighted by molar-refractivity contribution is -0.122. The summed E-state index contributed by atoms with van der Waals surface area (Å²) in [6.07, 6.45) is 0.863. The standard InChI is InChI=1S/C17H20N2O3S/c1-4-17(3,16-18-11(2)10-23-16)19-14(20)9-12-6-5-7-13(8-12)15(21)22/h5-8,10H,4,9H2,1-3H3,(H,19,20)(H,21,22). The van der Waals surface area contributed by atoms with Crippen LogP contribution in [0.4, 0.5) is 0 Å². The van der Waals surface area contributed by atoms with E-state index in [1.807, 2.05) is 26.2 Å². The van der Waals surface area contributed by atoms with E-state index in [2.05, 4.69) is 10.3 Å². The van der Waals surface area contributed by atoms with Gasteiger partial charge in [-0.2, -0.15) is 0 Å². The minimum atomic E-state index is -0.996. The summed E-state index contributed by atoms with van der Waals surface area (Å²) in [7, 11) is 0. The van der Waals surface area contributed by atoms with Gasteiger partial charge in [-0.05, 0) is 38.0 Å². The number of hydrogen-bond acceptors (Lipinski definition) is 4. The third-order valence-corrected chi connectivity index (χ3v) is 4.98. The molecule has 0 aliphatic carbocycles. The summed E-state index contributed by atoms with van der Waals surface area (Å²) < 4.78 is 0. The molecule has 1 aromatic heterocycles. The van der Waals surface area contributed by atoms with Crippen molar-refractivity contribution in [2.24, 2.45) is 0 Å². The molecule has 1 amide bonds. The number of nitrogens with zero attached hydrogens (tertiary/aromatic N) is 1. The summed E-state index contributed by atoms with van der Waals surface area (Å²) in [5, 5.41) is 14.9. The Hall–Kier alpha value is -2.21. The van der Waals surface area contributed by atoms with Crippen molar-refractivity contribution in [3.63, 3.8) is 0 Å². The summed E-state index contributed by atoms with van der Waals surface area (Å²) >= 11 is 1.53. The van der Waals surface area contributed by atoms with Crippen molar-refractivity contribution in [1.29, 1.82) is 0 Å². The largest absolute Gasteiger partial charge is 0.478 e. The number of benzene rings is 1. The van der Waals surface area contributed by atoms with Gasteiger partial charge in [0, 0.05) is 11.1 Å². The minimum Gasteiger partial charge on any atom is -0.478 e. The average molecular weight is 332 g/mol. The Bertz CT molecular complexity index is 726. The van der Waals surface area contributed by atoms with Crippen molar-refractivity contribution in [1.82, 2.24) is 10.3 Å². The molecule has 2 rings (SSSR count). The van der Waals surface area contributed by atoms with Crippen LogP contribution in [0.2, 0.25) is 0 Å². The van der Waals surface area contributed by atoms with E-state index in [0.717, 1.165) is 17.1 Å². The number of carbonyl (C=O) groups is 2. The Balaban J connectivity index is 2.11. The molecule has 23 heavy (non-hydrogen) atoms. The summed E-state index contributed by atoms with van der Waals surface area (Å²) in [6.45, 7) is 5.88. The molecule has 2 N–H and O–H groups in total. The van der Waals surface area contributed by atoms with E-state index in [-0.39, 0.29) is 17.9 Å². The zero-order chi connectivity index (χ0) is 17.0. The van der Waals surface area contributed by atoms with E-state index in [1.54, 1.807) is 12.1 Å². The van der Waals surface area contributed by atoms with Gasteiger partial charge in [-0.3, -0.25) is 4.79 Å². The molecule has 1 heterocycles. The lowest BCUT2D eigenvalue weighted by Gasteiger charge is -2.27. The highest BCUT2D eigenvalue weighted by Crippen LogP contribution is 2.27. The molecule has 0 saturated carbocycles. The van der Waals surface area contributed by atoms with Crippen molar-refractivity contribution in [3.8, 4) is 0 Å². The Kier molecular flexibility index (Phi) is 5.15. The number of thiazole rings is 1.